The molecule has 1 saturated carbocycles. The van der Waals surface area contributed by atoms with Crippen molar-refractivity contribution in [2.24, 2.45) is 5.41 Å². The van der Waals surface area contributed by atoms with Gasteiger partial charge in [-0.3, -0.25) is 4.79 Å². The molecule has 0 aromatic heterocycles. The molecular formula is C13H16BNO4. The highest BCUT2D eigenvalue weighted by atomic mass is 16.4. The van der Waals surface area contributed by atoms with Crippen LogP contribution in [0.3, 0.4) is 0 Å². The summed E-state index contributed by atoms with van der Waals surface area (Å²) < 4.78 is 0. The van der Waals surface area contributed by atoms with Crippen LogP contribution < -0.4 is 5.46 Å². The first-order chi connectivity index (χ1) is 8.99. The summed E-state index contributed by atoms with van der Waals surface area (Å²) in [7, 11) is -1.51. The fourth-order valence-corrected chi connectivity index (χ4v) is 3.09. The van der Waals surface area contributed by atoms with E-state index in [2.05, 4.69) is 0 Å². The Morgan fingerprint density at radius 3 is 2.26 bits per heavy atom. The van der Waals surface area contributed by atoms with Gasteiger partial charge in [-0.1, -0.05) is 12.1 Å². The lowest BCUT2D eigenvalue weighted by molar-refractivity contribution is -0.113. The quantitative estimate of drug-likeness (QED) is 0.594. The first-order valence-electron chi connectivity index (χ1n) is 6.43. The minimum atomic E-state index is -1.51. The lowest BCUT2D eigenvalue weighted by atomic mass is 9.62. The van der Waals surface area contributed by atoms with Gasteiger partial charge in [-0.15, -0.1) is 0 Å². The first-order valence-corrected chi connectivity index (χ1v) is 6.43. The standard InChI is InChI=1S/C13H16BNO4/c16-11-5-13(6-11)7-15(8-13)12(17)9-1-3-10(4-2-9)14(18)19/h1-4,11,16,18-19H,5-8H2. The molecule has 1 aromatic carbocycles. The van der Waals surface area contributed by atoms with Crippen molar-refractivity contribution in [2.45, 2.75) is 18.9 Å². The Balaban J connectivity index is 1.62. The zero-order valence-corrected chi connectivity index (χ0v) is 10.5. The van der Waals surface area contributed by atoms with Gasteiger partial charge in [-0.25, -0.2) is 0 Å². The van der Waals surface area contributed by atoms with Crippen molar-refractivity contribution in [2.75, 3.05) is 13.1 Å². The molecule has 100 valence electrons. The van der Waals surface area contributed by atoms with Gasteiger partial charge in [0.25, 0.3) is 5.91 Å². The van der Waals surface area contributed by atoms with Crippen LogP contribution in [0.1, 0.15) is 23.2 Å². The molecule has 1 aromatic rings. The Hall–Kier alpha value is -1.37. The average Bonchev–Trinajstić information content (AvgIpc) is 2.31. The summed E-state index contributed by atoms with van der Waals surface area (Å²) in [6.45, 7) is 1.43. The average molecular weight is 261 g/mol. The van der Waals surface area contributed by atoms with Crippen molar-refractivity contribution in [3.05, 3.63) is 29.8 Å². The second-order valence-electron chi connectivity index (χ2n) is 5.72. The highest BCUT2D eigenvalue weighted by molar-refractivity contribution is 6.58. The highest BCUT2D eigenvalue weighted by Gasteiger charge is 2.53. The van der Waals surface area contributed by atoms with Gasteiger partial charge in [0, 0.05) is 24.1 Å². The number of benzene rings is 1. The van der Waals surface area contributed by atoms with Crippen molar-refractivity contribution in [3.8, 4) is 0 Å². The van der Waals surface area contributed by atoms with Crippen LogP contribution in [0.15, 0.2) is 24.3 Å². The molecule has 3 rings (SSSR count). The second-order valence-corrected chi connectivity index (χ2v) is 5.72. The SMILES string of the molecule is O=C(c1ccc(B(O)O)cc1)N1CC2(CC(O)C2)C1. The molecular weight excluding hydrogens is 245 g/mol. The van der Waals surface area contributed by atoms with Crippen molar-refractivity contribution < 1.29 is 19.9 Å². The van der Waals surface area contributed by atoms with Crippen LogP contribution in [0.5, 0.6) is 0 Å². The summed E-state index contributed by atoms with van der Waals surface area (Å²) in [4.78, 5) is 13.9. The third kappa shape index (κ3) is 2.16. The number of carbonyl (C=O) groups excluding carboxylic acids is 1. The van der Waals surface area contributed by atoms with Gasteiger partial charge < -0.3 is 20.1 Å². The molecule has 1 spiro atoms. The first kappa shape index (κ1) is 12.7. The van der Waals surface area contributed by atoms with Crippen LogP contribution in [0, 0.1) is 5.41 Å². The fraction of sp³-hybridized carbons (Fsp3) is 0.462. The molecule has 0 bridgehead atoms. The van der Waals surface area contributed by atoms with Crippen LogP contribution in [-0.2, 0) is 0 Å². The minimum Gasteiger partial charge on any atom is -0.423 e. The summed E-state index contributed by atoms with van der Waals surface area (Å²) in [6, 6.07) is 6.30. The zero-order valence-electron chi connectivity index (χ0n) is 10.5. The Morgan fingerprint density at radius 2 is 1.79 bits per heavy atom. The summed E-state index contributed by atoms with van der Waals surface area (Å²) in [6.07, 6.45) is 1.40. The van der Waals surface area contributed by atoms with Crippen LogP contribution in [0.2, 0.25) is 0 Å². The van der Waals surface area contributed by atoms with Crippen LogP contribution in [0.4, 0.5) is 0 Å². The van der Waals surface area contributed by atoms with Gasteiger partial charge in [0.05, 0.1) is 6.10 Å². The molecule has 0 unspecified atom stereocenters. The molecule has 2 aliphatic rings. The van der Waals surface area contributed by atoms with Crippen molar-refractivity contribution >= 4 is 18.5 Å². The number of aliphatic hydroxyl groups excluding tert-OH is 1. The molecule has 2 fully saturated rings. The maximum atomic E-state index is 12.2. The molecule has 6 heteroatoms. The zero-order chi connectivity index (χ0) is 13.6. The Bertz CT molecular complexity index is 488. The summed E-state index contributed by atoms with van der Waals surface area (Å²) >= 11 is 0. The predicted molar refractivity (Wildman–Crippen MR) is 69.8 cm³/mol. The number of nitrogens with zero attached hydrogens (tertiary/aromatic N) is 1. The van der Waals surface area contributed by atoms with E-state index in [0.717, 1.165) is 12.8 Å². The van der Waals surface area contributed by atoms with Crippen molar-refractivity contribution in [1.29, 1.82) is 0 Å². The van der Waals surface area contributed by atoms with Gasteiger partial charge >= 0.3 is 7.12 Å². The molecule has 19 heavy (non-hydrogen) atoms. The van der Waals surface area contributed by atoms with E-state index in [1.165, 1.54) is 0 Å². The molecule has 1 heterocycles. The number of carbonyl (C=O) groups is 1. The Labute approximate surface area is 111 Å². The molecule has 0 atom stereocenters. The van der Waals surface area contributed by atoms with Gasteiger partial charge in [-0.2, -0.15) is 0 Å². The Morgan fingerprint density at radius 1 is 1.21 bits per heavy atom. The molecule has 1 aliphatic heterocycles. The number of hydrogen-bond acceptors (Lipinski definition) is 4. The van der Waals surface area contributed by atoms with Gasteiger partial charge in [-0.05, 0) is 30.4 Å². The molecule has 1 amide bonds. The van der Waals surface area contributed by atoms with Gasteiger partial charge in [0.15, 0.2) is 0 Å². The number of amides is 1. The second kappa shape index (κ2) is 4.33. The minimum absolute atomic E-state index is 0.0361. The third-order valence-electron chi connectivity index (χ3n) is 4.13. The molecule has 1 saturated heterocycles. The summed E-state index contributed by atoms with van der Waals surface area (Å²) in [5.74, 6) is -0.0361. The molecule has 3 N–H and O–H groups in total. The number of rotatable bonds is 2. The number of hydrogen-bond donors (Lipinski definition) is 3. The smallest absolute Gasteiger partial charge is 0.423 e. The topological polar surface area (TPSA) is 81.0 Å². The van der Waals surface area contributed by atoms with E-state index < -0.39 is 7.12 Å². The fourth-order valence-electron chi connectivity index (χ4n) is 3.09. The lowest BCUT2D eigenvalue weighted by Crippen LogP contribution is -2.65. The number of likely N-dealkylation sites (tertiary alicyclic amines) is 1. The maximum Gasteiger partial charge on any atom is 0.488 e. The van der Waals surface area contributed by atoms with E-state index in [1.54, 1.807) is 29.2 Å². The van der Waals surface area contributed by atoms with E-state index in [1.807, 2.05) is 0 Å². The Kier molecular flexibility index (Phi) is 2.89. The lowest BCUT2D eigenvalue weighted by Gasteiger charge is -2.57. The molecule has 0 radical (unpaired) electrons. The van der Waals surface area contributed by atoms with Crippen molar-refractivity contribution in [3.63, 3.8) is 0 Å². The maximum absolute atomic E-state index is 12.2. The van der Waals surface area contributed by atoms with Gasteiger partial charge in [0.2, 0.25) is 0 Å². The predicted octanol–water partition coefficient (Wildman–Crippen LogP) is -1.04. The molecule has 1 aliphatic carbocycles. The van der Waals surface area contributed by atoms with E-state index in [-0.39, 0.29) is 17.4 Å². The van der Waals surface area contributed by atoms with E-state index >= 15 is 0 Å². The van der Waals surface area contributed by atoms with Crippen LogP contribution in [0.25, 0.3) is 0 Å². The third-order valence-corrected chi connectivity index (χ3v) is 4.13. The summed E-state index contributed by atoms with van der Waals surface area (Å²) in [5.41, 5.74) is 1.09. The van der Waals surface area contributed by atoms with E-state index in [4.69, 9.17) is 10.0 Å². The highest BCUT2D eigenvalue weighted by Crippen LogP contribution is 2.48. The van der Waals surface area contributed by atoms with E-state index in [0.29, 0.717) is 24.1 Å². The van der Waals surface area contributed by atoms with Gasteiger partial charge in [0.1, 0.15) is 0 Å². The van der Waals surface area contributed by atoms with Crippen LogP contribution in [-0.4, -0.2) is 52.3 Å². The molecule has 5 nitrogen and oxygen atoms in total. The monoisotopic (exact) mass is 261 g/mol. The summed E-state index contributed by atoms with van der Waals surface area (Å²) in [5, 5.41) is 27.3. The number of aliphatic hydroxyl groups is 1. The van der Waals surface area contributed by atoms with Crippen molar-refractivity contribution in [1.82, 2.24) is 4.90 Å². The van der Waals surface area contributed by atoms with E-state index in [9.17, 15) is 9.90 Å². The van der Waals surface area contributed by atoms with Crippen LogP contribution >= 0.6 is 0 Å². The largest absolute Gasteiger partial charge is 0.488 e. The normalized spacial score (nSPS) is 20.9.